The van der Waals surface area contributed by atoms with Crippen LogP contribution in [0.15, 0.2) is 97.1 Å². The summed E-state index contributed by atoms with van der Waals surface area (Å²) in [6, 6.07) is 33.8. The molecule has 0 saturated carbocycles. The van der Waals surface area contributed by atoms with Crippen LogP contribution in [0.3, 0.4) is 0 Å². The number of fused-ring (bicyclic) bond motifs is 1. The fourth-order valence-corrected chi connectivity index (χ4v) is 5.15. The van der Waals surface area contributed by atoms with Crippen molar-refractivity contribution in [1.29, 1.82) is 0 Å². The molecule has 0 bridgehead atoms. The molecule has 1 heterocycles. The van der Waals surface area contributed by atoms with E-state index in [4.69, 9.17) is 0 Å². The van der Waals surface area contributed by atoms with E-state index in [0.717, 1.165) is 43.7 Å². The number of hydrogen-bond acceptors (Lipinski definition) is 3. The van der Waals surface area contributed by atoms with Crippen LogP contribution in [0.4, 0.5) is 4.79 Å². The molecule has 2 amide bonds. The van der Waals surface area contributed by atoms with Crippen LogP contribution in [0.25, 0.3) is 10.8 Å². The van der Waals surface area contributed by atoms with Crippen molar-refractivity contribution in [2.75, 3.05) is 13.1 Å². The Labute approximate surface area is 219 Å². The maximum absolute atomic E-state index is 13.6. The summed E-state index contributed by atoms with van der Waals surface area (Å²) < 4.78 is 0. The van der Waals surface area contributed by atoms with Crippen LogP contribution in [0.2, 0.25) is 0 Å². The van der Waals surface area contributed by atoms with Crippen molar-refractivity contribution in [3.8, 4) is 0 Å². The van der Waals surface area contributed by atoms with Gasteiger partial charge >= 0.3 is 6.03 Å². The van der Waals surface area contributed by atoms with Gasteiger partial charge in [-0.3, -0.25) is 0 Å². The lowest BCUT2D eigenvalue weighted by Gasteiger charge is -2.30. The molecule has 190 valence electrons. The molecule has 0 radical (unpaired) electrons. The number of amides is 2. The molecule has 1 unspecified atom stereocenters. The van der Waals surface area contributed by atoms with E-state index in [9.17, 15) is 4.79 Å². The molecule has 1 fully saturated rings. The van der Waals surface area contributed by atoms with Gasteiger partial charge in [-0.2, -0.15) is 0 Å². The average Bonchev–Trinajstić information content (AvgIpc) is 3.47. The van der Waals surface area contributed by atoms with E-state index in [2.05, 4.69) is 114 Å². The van der Waals surface area contributed by atoms with Gasteiger partial charge in [0.05, 0.1) is 6.04 Å². The second-order valence-electron chi connectivity index (χ2n) is 9.92. The Bertz CT molecular complexity index is 1290. The van der Waals surface area contributed by atoms with Crippen LogP contribution in [0.5, 0.6) is 0 Å². The fraction of sp³-hybridized carbons (Fsp3) is 0.281. The number of nitrogens with one attached hydrogen (secondary N) is 3. The molecule has 5 rings (SSSR count). The van der Waals surface area contributed by atoms with E-state index in [-0.39, 0.29) is 18.1 Å². The number of carbonyl (C=O) groups is 1. The molecule has 37 heavy (non-hydrogen) atoms. The monoisotopic (exact) mass is 492 g/mol. The molecule has 0 aromatic heterocycles. The highest BCUT2D eigenvalue weighted by molar-refractivity contribution is 5.86. The van der Waals surface area contributed by atoms with Crippen molar-refractivity contribution >= 4 is 16.8 Å². The quantitative estimate of drug-likeness (QED) is 0.278. The van der Waals surface area contributed by atoms with Crippen molar-refractivity contribution in [2.45, 2.75) is 45.1 Å². The summed E-state index contributed by atoms with van der Waals surface area (Å²) in [6.45, 7) is 6.10. The molecule has 4 aromatic carbocycles. The van der Waals surface area contributed by atoms with Gasteiger partial charge in [-0.1, -0.05) is 97.1 Å². The molecule has 5 nitrogen and oxygen atoms in total. The Morgan fingerprint density at radius 3 is 2.30 bits per heavy atom. The summed E-state index contributed by atoms with van der Waals surface area (Å²) in [5.74, 6) is 0. The molecule has 0 aliphatic carbocycles. The molecule has 5 heteroatoms. The van der Waals surface area contributed by atoms with E-state index in [0.29, 0.717) is 6.54 Å². The van der Waals surface area contributed by atoms with Crippen LogP contribution in [0, 0.1) is 0 Å². The summed E-state index contributed by atoms with van der Waals surface area (Å²) in [6.07, 6.45) is 0.970. The number of urea groups is 1. The maximum Gasteiger partial charge on any atom is 0.318 e. The summed E-state index contributed by atoms with van der Waals surface area (Å²) in [4.78, 5) is 15.6. The van der Waals surface area contributed by atoms with Gasteiger partial charge in [0.25, 0.3) is 0 Å². The lowest BCUT2D eigenvalue weighted by molar-refractivity contribution is 0.172. The van der Waals surface area contributed by atoms with Gasteiger partial charge in [0.2, 0.25) is 0 Å². The van der Waals surface area contributed by atoms with Crippen molar-refractivity contribution < 1.29 is 4.79 Å². The Hall–Kier alpha value is -3.67. The van der Waals surface area contributed by atoms with Gasteiger partial charge in [0.15, 0.2) is 0 Å². The number of nitrogens with zero attached hydrogens (tertiary/aromatic N) is 1. The predicted octanol–water partition coefficient (Wildman–Crippen LogP) is 5.76. The molecular formula is C32H36N4O. The predicted molar refractivity (Wildman–Crippen MR) is 151 cm³/mol. The van der Waals surface area contributed by atoms with E-state index >= 15 is 0 Å². The number of hydrogen-bond donors (Lipinski definition) is 3. The topological polar surface area (TPSA) is 56.4 Å². The zero-order valence-corrected chi connectivity index (χ0v) is 21.5. The van der Waals surface area contributed by atoms with Crippen LogP contribution < -0.4 is 16.0 Å². The van der Waals surface area contributed by atoms with Crippen molar-refractivity contribution in [3.05, 3.63) is 119 Å². The molecule has 1 aliphatic rings. The number of carbonyl (C=O) groups excluding carboxylic acids is 1. The highest BCUT2D eigenvalue weighted by Gasteiger charge is 2.28. The first kappa shape index (κ1) is 25.0. The third kappa shape index (κ3) is 6.37. The Morgan fingerprint density at radius 2 is 1.54 bits per heavy atom. The minimum Gasteiger partial charge on any atom is -0.331 e. The van der Waals surface area contributed by atoms with E-state index in [1.54, 1.807) is 0 Å². The lowest BCUT2D eigenvalue weighted by atomic mass is 10.00. The minimum atomic E-state index is -0.0893. The van der Waals surface area contributed by atoms with Gasteiger partial charge in [0, 0.05) is 32.2 Å². The first-order valence-electron chi connectivity index (χ1n) is 13.3. The van der Waals surface area contributed by atoms with Gasteiger partial charge in [-0.05, 0) is 52.9 Å². The molecule has 1 aliphatic heterocycles. The Kier molecular flexibility index (Phi) is 8.14. The summed E-state index contributed by atoms with van der Waals surface area (Å²) >= 11 is 0. The SMILES string of the molecule is C[C@H](NC(=O)N(Cc1ccc(CNCc2ccccc2)cc1)C1CCNC1)c1cccc2ccccc12. The Balaban J connectivity index is 1.23. The van der Waals surface area contributed by atoms with Gasteiger partial charge < -0.3 is 20.9 Å². The largest absolute Gasteiger partial charge is 0.331 e. The van der Waals surface area contributed by atoms with Crippen LogP contribution >= 0.6 is 0 Å². The van der Waals surface area contributed by atoms with Crippen molar-refractivity contribution in [1.82, 2.24) is 20.9 Å². The van der Waals surface area contributed by atoms with E-state index in [1.807, 2.05) is 11.0 Å². The first-order valence-corrected chi connectivity index (χ1v) is 13.3. The van der Waals surface area contributed by atoms with Crippen LogP contribution in [-0.2, 0) is 19.6 Å². The van der Waals surface area contributed by atoms with Crippen molar-refractivity contribution in [2.24, 2.45) is 0 Å². The number of benzene rings is 4. The molecule has 2 atom stereocenters. The van der Waals surface area contributed by atoms with Crippen molar-refractivity contribution in [3.63, 3.8) is 0 Å². The zero-order valence-electron chi connectivity index (χ0n) is 21.5. The smallest absolute Gasteiger partial charge is 0.318 e. The lowest BCUT2D eigenvalue weighted by Crippen LogP contribution is -2.47. The fourth-order valence-electron chi connectivity index (χ4n) is 5.15. The van der Waals surface area contributed by atoms with Crippen LogP contribution in [0.1, 0.15) is 41.6 Å². The molecule has 1 saturated heterocycles. The zero-order chi connectivity index (χ0) is 25.5. The maximum atomic E-state index is 13.6. The Morgan fingerprint density at radius 1 is 0.865 bits per heavy atom. The summed E-state index contributed by atoms with van der Waals surface area (Å²) in [5.41, 5.74) is 4.81. The normalized spacial score (nSPS) is 16.0. The van der Waals surface area contributed by atoms with E-state index < -0.39 is 0 Å². The first-order chi connectivity index (χ1) is 18.2. The van der Waals surface area contributed by atoms with Gasteiger partial charge in [0.1, 0.15) is 0 Å². The molecule has 4 aromatic rings. The standard InChI is InChI=1S/C32H36N4O/c1-24(30-13-7-11-28-10-5-6-12-31(28)30)35-32(37)36(29-18-19-33-22-29)23-27-16-14-26(15-17-27)21-34-20-25-8-3-2-4-9-25/h2-17,24,29,33-34H,18-23H2,1H3,(H,35,37)/t24-,29?/m0/s1. The molecule has 3 N–H and O–H groups in total. The highest BCUT2D eigenvalue weighted by atomic mass is 16.2. The second kappa shape index (κ2) is 12.0. The number of rotatable bonds is 9. The van der Waals surface area contributed by atoms with E-state index in [1.165, 1.54) is 21.9 Å². The molecule has 0 spiro atoms. The molecular weight excluding hydrogens is 456 g/mol. The summed E-state index contributed by atoms with van der Waals surface area (Å²) in [5, 5.41) is 12.6. The van der Waals surface area contributed by atoms with Crippen LogP contribution in [-0.4, -0.2) is 30.1 Å². The van der Waals surface area contributed by atoms with Gasteiger partial charge in [-0.25, -0.2) is 4.79 Å². The minimum absolute atomic E-state index is 0.0114. The highest BCUT2D eigenvalue weighted by Crippen LogP contribution is 2.25. The second-order valence-corrected chi connectivity index (χ2v) is 9.92. The summed E-state index contributed by atoms with van der Waals surface area (Å²) in [7, 11) is 0. The third-order valence-corrected chi connectivity index (χ3v) is 7.24. The third-order valence-electron chi connectivity index (χ3n) is 7.24. The average molecular weight is 493 g/mol. The van der Waals surface area contributed by atoms with Gasteiger partial charge in [-0.15, -0.1) is 0 Å².